The quantitative estimate of drug-likeness (QED) is 0.725. The third-order valence-corrected chi connectivity index (χ3v) is 8.14. The number of halogens is 1. The lowest BCUT2D eigenvalue weighted by Gasteiger charge is -2.34. The van der Waals surface area contributed by atoms with Gasteiger partial charge < -0.3 is 9.80 Å². The lowest BCUT2D eigenvalue weighted by molar-refractivity contribution is -0.118. The molecule has 0 spiro atoms. The Balaban J connectivity index is 1.34. The van der Waals surface area contributed by atoms with Gasteiger partial charge in [-0.15, -0.1) is 0 Å². The summed E-state index contributed by atoms with van der Waals surface area (Å²) < 4.78 is 41.4. The van der Waals surface area contributed by atoms with E-state index in [0.29, 0.717) is 25.8 Å². The van der Waals surface area contributed by atoms with Crippen molar-refractivity contribution in [2.24, 2.45) is 0 Å². The van der Waals surface area contributed by atoms with Gasteiger partial charge in [0.05, 0.1) is 10.6 Å². The third kappa shape index (κ3) is 3.41. The summed E-state index contributed by atoms with van der Waals surface area (Å²) in [7, 11) is -3.71. The van der Waals surface area contributed by atoms with E-state index < -0.39 is 15.8 Å². The van der Waals surface area contributed by atoms with Gasteiger partial charge in [-0.1, -0.05) is 6.07 Å². The van der Waals surface area contributed by atoms with E-state index in [1.54, 1.807) is 28.0 Å². The molecule has 0 N–H and O–H groups in total. The first-order chi connectivity index (χ1) is 14.8. The molecule has 0 aromatic heterocycles. The van der Waals surface area contributed by atoms with Crippen molar-refractivity contribution in [3.05, 3.63) is 58.9 Å². The Hall–Kier alpha value is -2.78. The normalized spacial score (nSPS) is 18.9. The number of sulfonamides is 1. The van der Waals surface area contributed by atoms with Gasteiger partial charge in [0.25, 0.3) is 5.91 Å². The Morgan fingerprint density at radius 1 is 0.903 bits per heavy atom. The smallest absolute Gasteiger partial charge is 0.254 e. The molecule has 0 bridgehead atoms. The van der Waals surface area contributed by atoms with Crippen LogP contribution in [0.1, 0.15) is 27.9 Å². The second-order valence-electron chi connectivity index (χ2n) is 8.09. The topological polar surface area (TPSA) is 78.0 Å². The maximum Gasteiger partial charge on any atom is 0.254 e. The van der Waals surface area contributed by atoms with Gasteiger partial charge in [0.2, 0.25) is 15.9 Å². The minimum absolute atomic E-state index is 0.0981. The Bertz CT molecular complexity index is 1190. The van der Waals surface area contributed by atoms with Gasteiger partial charge in [0.15, 0.2) is 0 Å². The maximum absolute atomic E-state index is 13.4. The summed E-state index contributed by atoms with van der Waals surface area (Å²) in [5.41, 5.74) is 2.96. The first-order valence-corrected chi connectivity index (χ1v) is 11.8. The number of rotatable bonds is 3. The molecule has 5 rings (SSSR count). The summed E-state index contributed by atoms with van der Waals surface area (Å²) in [5.74, 6) is -0.683. The summed E-state index contributed by atoms with van der Waals surface area (Å²) in [6.07, 6.45) is 1.61. The molecule has 2 aromatic rings. The molecule has 2 amide bonds. The Morgan fingerprint density at radius 2 is 1.61 bits per heavy atom. The predicted molar refractivity (Wildman–Crippen MR) is 112 cm³/mol. The Labute approximate surface area is 180 Å². The van der Waals surface area contributed by atoms with E-state index in [-0.39, 0.29) is 48.5 Å². The summed E-state index contributed by atoms with van der Waals surface area (Å²) >= 11 is 0. The van der Waals surface area contributed by atoms with E-state index in [2.05, 4.69) is 0 Å². The number of carbonyl (C=O) groups is 2. The van der Waals surface area contributed by atoms with Crippen LogP contribution in [0.25, 0.3) is 0 Å². The second-order valence-corrected chi connectivity index (χ2v) is 10.0. The molecule has 1 saturated heterocycles. The fraction of sp³-hybridized carbons (Fsp3) is 0.364. The van der Waals surface area contributed by atoms with E-state index in [1.807, 2.05) is 0 Å². The van der Waals surface area contributed by atoms with Gasteiger partial charge in [-0.05, 0) is 54.3 Å². The minimum atomic E-state index is -3.71. The van der Waals surface area contributed by atoms with Gasteiger partial charge >= 0.3 is 0 Å². The van der Waals surface area contributed by atoms with Crippen molar-refractivity contribution in [1.82, 2.24) is 9.21 Å². The van der Waals surface area contributed by atoms with E-state index >= 15 is 0 Å². The first kappa shape index (κ1) is 20.1. The van der Waals surface area contributed by atoms with Crippen LogP contribution < -0.4 is 4.90 Å². The van der Waals surface area contributed by atoms with Crippen molar-refractivity contribution in [2.75, 3.05) is 37.6 Å². The van der Waals surface area contributed by atoms with E-state index in [1.165, 1.54) is 22.5 Å². The van der Waals surface area contributed by atoms with Crippen LogP contribution in [0.2, 0.25) is 0 Å². The van der Waals surface area contributed by atoms with Crippen LogP contribution in [0.5, 0.6) is 0 Å². The number of hydrogen-bond acceptors (Lipinski definition) is 4. The molecule has 2 aromatic carbocycles. The van der Waals surface area contributed by atoms with Crippen LogP contribution in [0, 0.1) is 5.82 Å². The zero-order chi connectivity index (χ0) is 21.8. The van der Waals surface area contributed by atoms with Crippen molar-refractivity contribution in [3.8, 4) is 0 Å². The van der Waals surface area contributed by atoms with Crippen molar-refractivity contribution in [3.63, 3.8) is 0 Å². The van der Waals surface area contributed by atoms with E-state index in [4.69, 9.17) is 0 Å². The fourth-order valence-electron chi connectivity index (χ4n) is 4.66. The molecule has 3 aliphatic heterocycles. The molecule has 31 heavy (non-hydrogen) atoms. The zero-order valence-corrected chi connectivity index (χ0v) is 17.7. The van der Waals surface area contributed by atoms with Crippen molar-refractivity contribution >= 4 is 27.5 Å². The highest BCUT2D eigenvalue weighted by Crippen LogP contribution is 2.39. The number of nitrogens with zero attached hydrogens (tertiary/aromatic N) is 3. The molecule has 162 valence electrons. The van der Waals surface area contributed by atoms with Crippen molar-refractivity contribution in [1.29, 1.82) is 0 Å². The molecule has 0 aliphatic carbocycles. The van der Waals surface area contributed by atoms with Gasteiger partial charge in [-0.3, -0.25) is 9.59 Å². The van der Waals surface area contributed by atoms with Crippen LogP contribution in [-0.4, -0.2) is 62.2 Å². The summed E-state index contributed by atoms with van der Waals surface area (Å²) in [6.45, 7) is 1.45. The predicted octanol–water partition coefficient (Wildman–Crippen LogP) is 1.81. The molecule has 9 heteroatoms. The highest BCUT2D eigenvalue weighted by atomic mass is 32.2. The number of carbonyl (C=O) groups excluding carboxylic acids is 2. The second kappa shape index (κ2) is 7.42. The van der Waals surface area contributed by atoms with Crippen molar-refractivity contribution < 1.29 is 22.4 Å². The average molecular weight is 444 g/mol. The first-order valence-electron chi connectivity index (χ1n) is 10.4. The summed E-state index contributed by atoms with van der Waals surface area (Å²) in [6, 6.07) is 8.90. The molecule has 0 unspecified atom stereocenters. The van der Waals surface area contributed by atoms with Crippen LogP contribution in [0.4, 0.5) is 10.1 Å². The molecule has 0 saturated carbocycles. The van der Waals surface area contributed by atoms with Gasteiger partial charge in [0.1, 0.15) is 5.82 Å². The number of aryl methyl sites for hydroxylation is 1. The number of benzene rings is 2. The molecular formula is C22H22FN3O4S. The fourth-order valence-corrected chi connectivity index (χ4v) is 6.18. The Morgan fingerprint density at radius 3 is 2.32 bits per heavy atom. The van der Waals surface area contributed by atoms with Crippen LogP contribution in [0.3, 0.4) is 0 Å². The largest absolute Gasteiger partial charge is 0.336 e. The van der Waals surface area contributed by atoms with Crippen LogP contribution in [-0.2, 0) is 27.7 Å². The zero-order valence-electron chi connectivity index (χ0n) is 16.9. The SMILES string of the molecule is O=C(c1cccc(F)c1)N1CCN(S(=O)(=O)c2cc3c4c(c2)CCN4C(=O)CC3)CC1. The molecule has 1 fully saturated rings. The number of hydrogen-bond donors (Lipinski definition) is 0. The molecule has 0 radical (unpaired) electrons. The molecule has 3 aliphatic rings. The molecule has 3 heterocycles. The standard InChI is InChI=1S/C22H22FN3O4S/c23-18-3-1-2-17(12-18)22(28)24-8-10-25(11-9-24)31(29,30)19-13-15-4-5-20(27)26-7-6-16(14-19)21(15)26/h1-3,12-14H,4-11H2. The lowest BCUT2D eigenvalue weighted by Crippen LogP contribution is -2.50. The van der Waals surface area contributed by atoms with Crippen molar-refractivity contribution in [2.45, 2.75) is 24.2 Å². The molecular weight excluding hydrogens is 421 g/mol. The van der Waals surface area contributed by atoms with E-state index in [0.717, 1.165) is 16.8 Å². The average Bonchev–Trinajstić information content (AvgIpc) is 3.21. The number of anilines is 1. The number of amides is 2. The highest BCUT2D eigenvalue weighted by molar-refractivity contribution is 7.89. The van der Waals surface area contributed by atoms with Gasteiger partial charge in [-0.2, -0.15) is 4.31 Å². The van der Waals surface area contributed by atoms with Gasteiger partial charge in [0, 0.05) is 44.7 Å². The maximum atomic E-state index is 13.4. The lowest BCUT2D eigenvalue weighted by atomic mass is 10.00. The third-order valence-electron chi connectivity index (χ3n) is 6.26. The highest BCUT2D eigenvalue weighted by Gasteiger charge is 2.35. The number of piperazine rings is 1. The minimum Gasteiger partial charge on any atom is -0.336 e. The Kier molecular flexibility index (Phi) is 4.82. The summed E-state index contributed by atoms with van der Waals surface area (Å²) in [4.78, 5) is 28.3. The molecule has 7 nitrogen and oxygen atoms in total. The van der Waals surface area contributed by atoms with Gasteiger partial charge in [-0.25, -0.2) is 12.8 Å². The van der Waals surface area contributed by atoms with Crippen LogP contribution in [0.15, 0.2) is 41.3 Å². The van der Waals surface area contributed by atoms with Crippen LogP contribution >= 0.6 is 0 Å². The van der Waals surface area contributed by atoms with E-state index in [9.17, 15) is 22.4 Å². The monoisotopic (exact) mass is 443 g/mol. The molecule has 0 atom stereocenters. The summed E-state index contributed by atoms with van der Waals surface area (Å²) in [5, 5.41) is 0.